The summed E-state index contributed by atoms with van der Waals surface area (Å²) in [7, 11) is 0. The third kappa shape index (κ3) is 1.88. The number of aryl methyl sites for hydroxylation is 1. The van der Waals surface area contributed by atoms with Crippen molar-refractivity contribution in [1.82, 2.24) is 18.6 Å². The lowest BCUT2D eigenvalue weighted by molar-refractivity contribution is 0.0596. The summed E-state index contributed by atoms with van der Waals surface area (Å²) in [5, 5.41) is 0. The molecule has 0 spiro atoms. The number of likely N-dealkylation sites (tertiary alicyclic amines) is 1. The molecule has 1 amide bonds. The molecule has 2 aromatic rings. The summed E-state index contributed by atoms with van der Waals surface area (Å²) in [6.07, 6.45) is 3.57. The number of carbonyl (C=O) groups excluding carboxylic acids is 1. The molecule has 0 saturated carbocycles. The van der Waals surface area contributed by atoms with Crippen LogP contribution in [0, 0.1) is 6.92 Å². The van der Waals surface area contributed by atoms with Crippen molar-refractivity contribution in [2.24, 2.45) is 0 Å². The van der Waals surface area contributed by atoms with Gasteiger partial charge < -0.3 is 4.90 Å². The average Bonchev–Trinajstić information content (AvgIpc) is 2.75. The van der Waals surface area contributed by atoms with Crippen molar-refractivity contribution in [1.29, 1.82) is 0 Å². The number of nitrogens with zero attached hydrogens (tertiary/aromatic N) is 4. The van der Waals surface area contributed by atoms with Gasteiger partial charge in [-0.15, -0.1) is 0 Å². The molecule has 0 aliphatic carbocycles. The maximum atomic E-state index is 12.1. The molecule has 1 fully saturated rings. The predicted octanol–water partition coefficient (Wildman–Crippen LogP) is 1.48. The zero-order valence-electron chi connectivity index (χ0n) is 9.91. The van der Waals surface area contributed by atoms with Gasteiger partial charge in [-0.3, -0.25) is 9.78 Å². The molecule has 0 N–H and O–H groups in total. The lowest BCUT2D eigenvalue weighted by atomic mass is 9.92. The normalized spacial score (nSPS) is 15.5. The molecular formula is C12H12N4OS. The van der Waals surface area contributed by atoms with Crippen LogP contribution in [-0.2, 0) is 0 Å². The highest BCUT2D eigenvalue weighted by atomic mass is 32.1. The molecule has 0 radical (unpaired) electrons. The smallest absolute Gasteiger partial charge is 0.275 e. The van der Waals surface area contributed by atoms with Crippen molar-refractivity contribution in [3.8, 4) is 0 Å². The second kappa shape index (κ2) is 4.45. The summed E-state index contributed by atoms with van der Waals surface area (Å²) in [6, 6.07) is 4.00. The third-order valence-electron chi connectivity index (χ3n) is 3.20. The van der Waals surface area contributed by atoms with E-state index in [-0.39, 0.29) is 5.91 Å². The molecule has 6 heteroatoms. The van der Waals surface area contributed by atoms with Crippen molar-refractivity contribution in [2.45, 2.75) is 12.8 Å². The maximum absolute atomic E-state index is 12.1. The highest BCUT2D eigenvalue weighted by Gasteiger charge is 2.33. The molecule has 3 rings (SSSR count). The topological polar surface area (TPSA) is 59.0 Å². The van der Waals surface area contributed by atoms with Crippen molar-refractivity contribution < 1.29 is 4.79 Å². The van der Waals surface area contributed by atoms with Crippen LogP contribution in [0.3, 0.4) is 0 Å². The summed E-state index contributed by atoms with van der Waals surface area (Å²) < 4.78 is 8.08. The number of carbonyl (C=O) groups is 1. The van der Waals surface area contributed by atoms with E-state index in [1.54, 1.807) is 12.4 Å². The number of hydrogen-bond donors (Lipinski definition) is 0. The summed E-state index contributed by atoms with van der Waals surface area (Å²) in [6.45, 7) is 3.32. The van der Waals surface area contributed by atoms with Crippen LogP contribution in [0.5, 0.6) is 0 Å². The van der Waals surface area contributed by atoms with Gasteiger partial charge in [0, 0.05) is 31.4 Å². The van der Waals surface area contributed by atoms with Gasteiger partial charge in [0.1, 0.15) is 0 Å². The van der Waals surface area contributed by atoms with Crippen molar-refractivity contribution in [3.05, 3.63) is 41.5 Å². The minimum atomic E-state index is -0.00782. The molecule has 1 saturated heterocycles. The number of rotatable bonds is 2. The lowest BCUT2D eigenvalue weighted by Crippen LogP contribution is -2.48. The van der Waals surface area contributed by atoms with E-state index < -0.39 is 0 Å². The Morgan fingerprint density at radius 3 is 2.67 bits per heavy atom. The van der Waals surface area contributed by atoms with Crippen LogP contribution < -0.4 is 0 Å². The van der Waals surface area contributed by atoms with E-state index in [9.17, 15) is 4.79 Å². The van der Waals surface area contributed by atoms with Gasteiger partial charge in [0.15, 0.2) is 5.69 Å². The number of amides is 1. The van der Waals surface area contributed by atoms with Crippen molar-refractivity contribution in [2.75, 3.05) is 13.1 Å². The quantitative estimate of drug-likeness (QED) is 0.820. The molecule has 5 nitrogen and oxygen atoms in total. The van der Waals surface area contributed by atoms with Crippen LogP contribution in [0.4, 0.5) is 0 Å². The Bertz CT molecular complexity index is 562. The first-order valence-corrected chi connectivity index (χ1v) is 6.47. The predicted molar refractivity (Wildman–Crippen MR) is 67.5 cm³/mol. The van der Waals surface area contributed by atoms with Gasteiger partial charge in [-0.05, 0) is 24.6 Å². The Labute approximate surface area is 109 Å². The lowest BCUT2D eigenvalue weighted by Gasteiger charge is -2.39. The van der Waals surface area contributed by atoms with E-state index in [1.165, 1.54) is 5.56 Å². The van der Waals surface area contributed by atoms with Crippen LogP contribution in [0.1, 0.15) is 27.7 Å². The highest BCUT2D eigenvalue weighted by Crippen LogP contribution is 2.27. The molecule has 0 bridgehead atoms. The molecule has 0 aromatic carbocycles. The standard InChI is InChI=1S/C12H12N4OS/c1-8-11(15-18-14-8)12(17)16-6-10(7-16)9-2-4-13-5-3-9/h2-5,10H,6-7H2,1H3. The highest BCUT2D eigenvalue weighted by molar-refractivity contribution is 6.99. The van der Waals surface area contributed by atoms with Gasteiger partial charge in [-0.2, -0.15) is 8.75 Å². The molecule has 18 heavy (non-hydrogen) atoms. The Kier molecular flexibility index (Phi) is 2.79. The van der Waals surface area contributed by atoms with Gasteiger partial charge >= 0.3 is 0 Å². The fourth-order valence-electron chi connectivity index (χ4n) is 2.07. The van der Waals surface area contributed by atoms with E-state index >= 15 is 0 Å². The third-order valence-corrected chi connectivity index (χ3v) is 3.82. The van der Waals surface area contributed by atoms with Crippen LogP contribution in [0.25, 0.3) is 0 Å². The minimum absolute atomic E-state index is 0.00782. The zero-order valence-corrected chi connectivity index (χ0v) is 10.7. The number of pyridine rings is 1. The first-order valence-electron chi connectivity index (χ1n) is 5.74. The second-order valence-corrected chi connectivity index (χ2v) is 4.91. The van der Waals surface area contributed by atoms with E-state index in [0.29, 0.717) is 11.6 Å². The van der Waals surface area contributed by atoms with Crippen LogP contribution >= 0.6 is 11.7 Å². The van der Waals surface area contributed by atoms with Gasteiger partial charge in [-0.25, -0.2) is 0 Å². The molecule has 2 aromatic heterocycles. The van der Waals surface area contributed by atoms with Crippen LogP contribution in [0.15, 0.2) is 24.5 Å². The van der Waals surface area contributed by atoms with Gasteiger partial charge in [0.2, 0.25) is 0 Å². The maximum Gasteiger partial charge on any atom is 0.275 e. The van der Waals surface area contributed by atoms with E-state index in [1.807, 2.05) is 24.0 Å². The number of aromatic nitrogens is 3. The summed E-state index contributed by atoms with van der Waals surface area (Å²) >= 11 is 1.09. The van der Waals surface area contributed by atoms with Gasteiger partial charge in [0.05, 0.1) is 17.4 Å². The Morgan fingerprint density at radius 1 is 1.33 bits per heavy atom. The first-order chi connectivity index (χ1) is 8.75. The molecule has 1 aliphatic heterocycles. The molecule has 0 atom stereocenters. The van der Waals surface area contributed by atoms with Crippen molar-refractivity contribution in [3.63, 3.8) is 0 Å². The molecule has 1 aliphatic rings. The number of hydrogen-bond acceptors (Lipinski definition) is 5. The van der Waals surface area contributed by atoms with E-state index in [2.05, 4.69) is 13.7 Å². The molecule has 92 valence electrons. The largest absolute Gasteiger partial charge is 0.336 e. The average molecular weight is 260 g/mol. The fraction of sp³-hybridized carbons (Fsp3) is 0.333. The molecule has 0 unspecified atom stereocenters. The molecular weight excluding hydrogens is 248 g/mol. The Balaban J connectivity index is 1.66. The van der Waals surface area contributed by atoms with Crippen molar-refractivity contribution >= 4 is 17.6 Å². The zero-order chi connectivity index (χ0) is 12.5. The summed E-state index contributed by atoms with van der Waals surface area (Å²) in [4.78, 5) is 17.9. The summed E-state index contributed by atoms with van der Waals surface area (Å²) in [5.74, 6) is 0.412. The van der Waals surface area contributed by atoms with Crippen LogP contribution in [-0.4, -0.2) is 37.6 Å². The SMILES string of the molecule is Cc1nsnc1C(=O)N1CC(c2ccncc2)C1. The Morgan fingerprint density at radius 2 is 2.06 bits per heavy atom. The van der Waals surface area contributed by atoms with Gasteiger partial charge in [0.25, 0.3) is 5.91 Å². The molecule has 3 heterocycles. The second-order valence-electron chi connectivity index (χ2n) is 4.39. The summed E-state index contributed by atoms with van der Waals surface area (Å²) in [5.41, 5.74) is 2.45. The monoisotopic (exact) mass is 260 g/mol. The van der Waals surface area contributed by atoms with E-state index in [4.69, 9.17) is 0 Å². The van der Waals surface area contributed by atoms with Crippen LogP contribution in [0.2, 0.25) is 0 Å². The van der Waals surface area contributed by atoms with Gasteiger partial charge in [-0.1, -0.05) is 0 Å². The first kappa shape index (κ1) is 11.3. The minimum Gasteiger partial charge on any atom is -0.336 e. The van der Waals surface area contributed by atoms with E-state index in [0.717, 1.165) is 30.5 Å². The fourth-order valence-corrected chi connectivity index (χ4v) is 2.61. The Hall–Kier alpha value is -1.82.